The SMILES string of the molecule is Cc1ccc(NC(=O)c2nc(NNC(=O)C(C)Oc3cccc(C)c3C)ncc2Cl)cc1. The molecule has 3 rings (SSSR count). The highest BCUT2D eigenvalue weighted by molar-refractivity contribution is 6.34. The summed E-state index contributed by atoms with van der Waals surface area (Å²) in [7, 11) is 0. The van der Waals surface area contributed by atoms with Crippen molar-refractivity contribution in [2.24, 2.45) is 0 Å². The minimum absolute atomic E-state index is 0.00995. The third-order valence-corrected chi connectivity index (χ3v) is 5.07. The van der Waals surface area contributed by atoms with Gasteiger partial charge in [-0.15, -0.1) is 0 Å². The number of hydrogen-bond donors (Lipinski definition) is 3. The summed E-state index contributed by atoms with van der Waals surface area (Å²) in [5.41, 5.74) is 8.75. The summed E-state index contributed by atoms with van der Waals surface area (Å²) in [6, 6.07) is 12.9. The van der Waals surface area contributed by atoms with Crippen molar-refractivity contribution in [1.29, 1.82) is 0 Å². The number of hydrogen-bond acceptors (Lipinski definition) is 6. The minimum atomic E-state index is -0.778. The number of amides is 2. The number of aromatic nitrogens is 2. The Hall–Kier alpha value is -3.65. The van der Waals surface area contributed by atoms with E-state index in [1.165, 1.54) is 6.20 Å². The lowest BCUT2D eigenvalue weighted by atomic mass is 10.1. The molecule has 0 saturated heterocycles. The van der Waals surface area contributed by atoms with Gasteiger partial charge in [-0.1, -0.05) is 41.4 Å². The van der Waals surface area contributed by atoms with Crippen LogP contribution in [0.15, 0.2) is 48.7 Å². The van der Waals surface area contributed by atoms with Crippen molar-refractivity contribution in [2.75, 3.05) is 10.7 Å². The van der Waals surface area contributed by atoms with E-state index in [1.54, 1.807) is 25.1 Å². The molecule has 32 heavy (non-hydrogen) atoms. The second-order valence-corrected chi connectivity index (χ2v) is 7.69. The molecule has 0 fully saturated rings. The summed E-state index contributed by atoms with van der Waals surface area (Å²) in [5, 5.41) is 2.81. The number of aryl methyl sites for hydroxylation is 2. The van der Waals surface area contributed by atoms with Crippen LogP contribution in [0.4, 0.5) is 11.6 Å². The van der Waals surface area contributed by atoms with Crippen LogP contribution < -0.4 is 20.9 Å². The first-order valence-corrected chi connectivity index (χ1v) is 10.3. The Morgan fingerprint density at radius 3 is 2.50 bits per heavy atom. The average Bonchev–Trinajstić information content (AvgIpc) is 2.77. The average molecular weight is 454 g/mol. The van der Waals surface area contributed by atoms with Gasteiger partial charge in [-0.05, 0) is 57.0 Å². The molecule has 0 aliphatic heterocycles. The van der Waals surface area contributed by atoms with Crippen molar-refractivity contribution in [3.05, 3.63) is 76.1 Å². The summed E-state index contributed by atoms with van der Waals surface area (Å²) < 4.78 is 5.75. The first kappa shape index (κ1) is 23.0. The Labute approximate surface area is 191 Å². The van der Waals surface area contributed by atoms with E-state index in [4.69, 9.17) is 16.3 Å². The number of rotatable bonds is 7. The molecule has 8 nitrogen and oxygen atoms in total. The Bertz CT molecular complexity index is 1130. The molecule has 1 unspecified atom stereocenters. The summed E-state index contributed by atoms with van der Waals surface area (Å²) in [6.45, 7) is 7.48. The molecule has 1 aromatic heterocycles. The standard InChI is InChI=1S/C23H24ClN5O3/c1-13-8-10-17(11-9-13)26-22(31)20-18(24)12-25-23(27-20)29-28-21(30)16(4)32-19-7-5-6-14(2)15(19)3/h5-12,16H,1-4H3,(H,26,31)(H,28,30)(H,25,27,29). The van der Waals surface area contributed by atoms with E-state index >= 15 is 0 Å². The lowest BCUT2D eigenvalue weighted by Gasteiger charge is -2.17. The highest BCUT2D eigenvalue weighted by Gasteiger charge is 2.18. The normalized spacial score (nSPS) is 11.4. The topological polar surface area (TPSA) is 105 Å². The van der Waals surface area contributed by atoms with Gasteiger partial charge in [0, 0.05) is 5.69 Å². The molecule has 1 heterocycles. The van der Waals surface area contributed by atoms with Crippen LogP contribution in [0, 0.1) is 20.8 Å². The first-order valence-electron chi connectivity index (χ1n) is 9.94. The van der Waals surface area contributed by atoms with Gasteiger partial charge in [-0.25, -0.2) is 9.97 Å². The van der Waals surface area contributed by atoms with Crippen molar-refractivity contribution < 1.29 is 14.3 Å². The van der Waals surface area contributed by atoms with Crippen LogP contribution in [-0.2, 0) is 4.79 Å². The molecule has 0 aliphatic carbocycles. The van der Waals surface area contributed by atoms with Gasteiger partial charge in [0.1, 0.15) is 5.75 Å². The fourth-order valence-electron chi connectivity index (χ4n) is 2.73. The number of nitrogens with zero attached hydrogens (tertiary/aromatic N) is 2. The van der Waals surface area contributed by atoms with Crippen LogP contribution in [0.2, 0.25) is 5.02 Å². The molecule has 3 aromatic rings. The maximum Gasteiger partial charge on any atom is 0.279 e. The van der Waals surface area contributed by atoms with E-state index in [0.29, 0.717) is 11.4 Å². The monoisotopic (exact) mass is 453 g/mol. The van der Waals surface area contributed by atoms with Crippen LogP contribution in [0.3, 0.4) is 0 Å². The van der Waals surface area contributed by atoms with Crippen molar-refractivity contribution >= 4 is 35.1 Å². The van der Waals surface area contributed by atoms with E-state index in [9.17, 15) is 9.59 Å². The van der Waals surface area contributed by atoms with Crippen molar-refractivity contribution in [3.63, 3.8) is 0 Å². The van der Waals surface area contributed by atoms with Gasteiger partial charge in [0.25, 0.3) is 11.8 Å². The van der Waals surface area contributed by atoms with Gasteiger partial charge in [-0.2, -0.15) is 0 Å². The van der Waals surface area contributed by atoms with E-state index in [2.05, 4.69) is 26.1 Å². The zero-order valence-electron chi connectivity index (χ0n) is 18.2. The van der Waals surface area contributed by atoms with Gasteiger partial charge in [0.15, 0.2) is 11.8 Å². The second kappa shape index (κ2) is 10.1. The van der Waals surface area contributed by atoms with Crippen LogP contribution in [0.5, 0.6) is 5.75 Å². The van der Waals surface area contributed by atoms with Crippen LogP contribution in [0.1, 0.15) is 34.1 Å². The fourth-order valence-corrected chi connectivity index (χ4v) is 2.91. The molecule has 166 valence electrons. The molecular formula is C23H24ClN5O3. The van der Waals surface area contributed by atoms with E-state index in [1.807, 2.05) is 45.0 Å². The maximum atomic E-state index is 12.6. The smallest absolute Gasteiger partial charge is 0.279 e. The molecule has 0 aliphatic rings. The highest BCUT2D eigenvalue weighted by atomic mass is 35.5. The molecule has 0 saturated carbocycles. The molecule has 0 bridgehead atoms. The van der Waals surface area contributed by atoms with E-state index < -0.39 is 17.9 Å². The number of carbonyl (C=O) groups excluding carboxylic acids is 2. The second-order valence-electron chi connectivity index (χ2n) is 7.28. The molecule has 9 heteroatoms. The highest BCUT2D eigenvalue weighted by Crippen LogP contribution is 2.22. The number of halogens is 1. The van der Waals surface area contributed by atoms with Crippen molar-refractivity contribution in [1.82, 2.24) is 15.4 Å². The number of anilines is 2. The summed E-state index contributed by atoms with van der Waals surface area (Å²) in [5.74, 6) is -0.293. The van der Waals surface area contributed by atoms with Crippen molar-refractivity contribution in [2.45, 2.75) is 33.8 Å². The Balaban J connectivity index is 1.62. The Morgan fingerprint density at radius 2 is 1.78 bits per heavy atom. The van der Waals surface area contributed by atoms with E-state index in [-0.39, 0.29) is 16.7 Å². The zero-order valence-corrected chi connectivity index (χ0v) is 18.9. The number of carbonyl (C=O) groups is 2. The largest absolute Gasteiger partial charge is 0.481 e. The lowest BCUT2D eigenvalue weighted by Crippen LogP contribution is -2.40. The minimum Gasteiger partial charge on any atom is -0.481 e. The molecule has 1 atom stereocenters. The van der Waals surface area contributed by atoms with Crippen LogP contribution in [0.25, 0.3) is 0 Å². The van der Waals surface area contributed by atoms with Gasteiger partial charge in [0.2, 0.25) is 5.95 Å². The maximum absolute atomic E-state index is 12.6. The Morgan fingerprint density at radius 1 is 1.06 bits per heavy atom. The van der Waals surface area contributed by atoms with E-state index in [0.717, 1.165) is 16.7 Å². The lowest BCUT2D eigenvalue weighted by molar-refractivity contribution is -0.126. The third-order valence-electron chi connectivity index (χ3n) is 4.79. The number of hydrazine groups is 1. The predicted molar refractivity (Wildman–Crippen MR) is 124 cm³/mol. The third kappa shape index (κ3) is 5.73. The fraction of sp³-hybridized carbons (Fsp3) is 0.217. The summed E-state index contributed by atoms with van der Waals surface area (Å²) >= 11 is 6.09. The quantitative estimate of drug-likeness (QED) is 0.462. The Kier molecular flexibility index (Phi) is 7.27. The number of ether oxygens (including phenoxy) is 1. The van der Waals surface area contributed by atoms with Gasteiger partial charge >= 0.3 is 0 Å². The van der Waals surface area contributed by atoms with Gasteiger partial charge in [0.05, 0.1) is 11.2 Å². The summed E-state index contributed by atoms with van der Waals surface area (Å²) in [6.07, 6.45) is 0.503. The molecule has 2 amide bonds. The van der Waals surface area contributed by atoms with Crippen molar-refractivity contribution in [3.8, 4) is 5.75 Å². The molecule has 0 spiro atoms. The zero-order chi connectivity index (χ0) is 23.3. The summed E-state index contributed by atoms with van der Waals surface area (Å²) in [4.78, 5) is 33.1. The molecule has 2 aromatic carbocycles. The molecule has 0 radical (unpaired) electrons. The number of benzene rings is 2. The van der Waals surface area contributed by atoms with Crippen LogP contribution in [-0.4, -0.2) is 27.9 Å². The number of nitrogens with one attached hydrogen (secondary N) is 3. The van der Waals surface area contributed by atoms with Crippen LogP contribution >= 0.6 is 11.6 Å². The molecule has 3 N–H and O–H groups in total. The first-order chi connectivity index (χ1) is 15.2. The molecular weight excluding hydrogens is 430 g/mol. The van der Waals surface area contributed by atoms with Gasteiger partial charge in [-0.3, -0.25) is 20.4 Å². The predicted octanol–water partition coefficient (Wildman–Crippen LogP) is 4.22. The van der Waals surface area contributed by atoms with Gasteiger partial charge < -0.3 is 10.1 Å².